The Kier molecular flexibility index (Phi) is 6.95. The Balaban J connectivity index is 1.07. The molecule has 3 heteroatoms. The van der Waals surface area contributed by atoms with E-state index in [1.54, 1.807) is 0 Å². The molecule has 2 nitrogen and oxygen atoms in total. The van der Waals surface area contributed by atoms with Crippen LogP contribution in [0.25, 0.3) is 80.7 Å². The first-order valence-electron chi connectivity index (χ1n) is 21.4. The van der Waals surface area contributed by atoms with E-state index in [4.69, 9.17) is 0 Å². The Labute approximate surface area is 362 Å². The molecule has 2 aliphatic rings. The summed E-state index contributed by atoms with van der Waals surface area (Å²) >= 11 is 1.87. The summed E-state index contributed by atoms with van der Waals surface area (Å²) in [5, 5.41) is 7.70. The summed E-state index contributed by atoms with van der Waals surface area (Å²) in [7, 11) is 0. The fourth-order valence-corrected chi connectivity index (χ4v) is 12.4. The molecule has 2 heterocycles. The second-order valence-corrected chi connectivity index (χ2v) is 17.9. The van der Waals surface area contributed by atoms with Gasteiger partial charge in [0.15, 0.2) is 0 Å². The van der Waals surface area contributed by atoms with Crippen LogP contribution in [0.15, 0.2) is 218 Å². The molecule has 0 saturated carbocycles. The van der Waals surface area contributed by atoms with Gasteiger partial charge in [-0.15, -0.1) is 11.3 Å². The summed E-state index contributed by atoms with van der Waals surface area (Å²) in [6.07, 6.45) is 0. The zero-order valence-corrected chi connectivity index (χ0v) is 34.4. The number of anilines is 3. The Morgan fingerprint density at radius 2 is 0.919 bits per heavy atom. The van der Waals surface area contributed by atoms with Crippen molar-refractivity contribution in [1.29, 1.82) is 0 Å². The molecule has 0 radical (unpaired) electrons. The van der Waals surface area contributed by atoms with Gasteiger partial charge in [0.1, 0.15) is 0 Å². The second-order valence-electron chi connectivity index (χ2n) is 16.8. The number of hydrogen-bond acceptors (Lipinski definition) is 2. The van der Waals surface area contributed by atoms with Crippen molar-refractivity contribution in [3.05, 3.63) is 241 Å². The number of thiophene rings is 1. The van der Waals surface area contributed by atoms with Crippen molar-refractivity contribution in [2.45, 2.75) is 5.41 Å². The molecule has 0 aliphatic heterocycles. The average Bonchev–Trinajstić information content (AvgIpc) is 3.97. The van der Waals surface area contributed by atoms with Crippen molar-refractivity contribution in [3.63, 3.8) is 0 Å². The van der Waals surface area contributed by atoms with E-state index in [-0.39, 0.29) is 0 Å². The summed E-state index contributed by atoms with van der Waals surface area (Å²) in [6, 6.07) is 81.8. The summed E-state index contributed by atoms with van der Waals surface area (Å²) in [4.78, 5) is 2.50. The highest BCUT2D eigenvalue weighted by Crippen LogP contribution is 2.62. The third-order valence-corrected chi connectivity index (χ3v) is 14.9. The number of nitrogens with zero attached hydrogens (tertiary/aromatic N) is 2. The quantitative estimate of drug-likeness (QED) is 0.172. The number of aromatic nitrogens is 1. The fraction of sp³-hybridized carbons (Fsp3) is 0.0169. The number of fused-ring (bicyclic) bond motifs is 15. The maximum absolute atomic E-state index is 2.52. The summed E-state index contributed by atoms with van der Waals surface area (Å²) in [5.41, 5.74) is 16.9. The van der Waals surface area contributed by atoms with Crippen LogP contribution in [0.4, 0.5) is 17.1 Å². The molecule has 12 aromatic rings. The third-order valence-electron chi connectivity index (χ3n) is 13.8. The molecule has 0 bridgehead atoms. The molecule has 1 atom stereocenters. The lowest BCUT2D eigenvalue weighted by atomic mass is 9.61. The molecule has 62 heavy (non-hydrogen) atoms. The van der Waals surface area contributed by atoms with Crippen LogP contribution >= 0.6 is 11.3 Å². The van der Waals surface area contributed by atoms with Gasteiger partial charge in [-0.1, -0.05) is 158 Å². The van der Waals surface area contributed by atoms with Crippen molar-refractivity contribution in [2.24, 2.45) is 0 Å². The van der Waals surface area contributed by atoms with E-state index >= 15 is 0 Å². The minimum Gasteiger partial charge on any atom is -0.310 e. The van der Waals surface area contributed by atoms with E-state index in [0.717, 1.165) is 22.7 Å². The third kappa shape index (κ3) is 4.47. The zero-order valence-electron chi connectivity index (χ0n) is 33.6. The van der Waals surface area contributed by atoms with Gasteiger partial charge in [-0.05, 0) is 116 Å². The van der Waals surface area contributed by atoms with Crippen molar-refractivity contribution in [3.8, 4) is 27.9 Å². The molecule has 10 aromatic carbocycles. The lowest BCUT2D eigenvalue weighted by molar-refractivity contribution is 0.773. The lowest BCUT2D eigenvalue weighted by Crippen LogP contribution is -2.32. The molecule has 0 amide bonds. The number of benzene rings is 10. The molecular weight excluding hydrogens is 769 g/mol. The number of hydrogen-bond donors (Lipinski definition) is 0. The van der Waals surface area contributed by atoms with Crippen LogP contribution in [0.1, 0.15) is 22.3 Å². The smallest absolute Gasteiger partial charge is 0.0726 e. The molecule has 2 aromatic heterocycles. The Morgan fingerprint density at radius 1 is 0.355 bits per heavy atom. The summed E-state index contributed by atoms with van der Waals surface area (Å²) in [6.45, 7) is 0. The summed E-state index contributed by atoms with van der Waals surface area (Å²) < 4.78 is 5.01. The second kappa shape index (κ2) is 12.7. The molecule has 0 N–H and O–H groups in total. The molecule has 2 aliphatic carbocycles. The van der Waals surface area contributed by atoms with E-state index in [0.29, 0.717) is 0 Å². The SMILES string of the molecule is c1ccc(-n2c3ccccc3c3ccc(N(c4ccc5c(c4)C4(c6ccccc6-5)c5ccccc5-c5cccc6cccc4c56)c4ccc5c(c4)sc4ccccc45)cc32)cc1. The van der Waals surface area contributed by atoms with Gasteiger partial charge in [0.25, 0.3) is 0 Å². The molecule has 288 valence electrons. The highest BCUT2D eigenvalue weighted by atomic mass is 32.1. The molecule has 1 spiro atoms. The van der Waals surface area contributed by atoms with Crippen molar-refractivity contribution >= 4 is 81.1 Å². The van der Waals surface area contributed by atoms with Crippen LogP contribution in [0.3, 0.4) is 0 Å². The molecule has 0 saturated heterocycles. The fourth-order valence-electron chi connectivity index (χ4n) is 11.3. The van der Waals surface area contributed by atoms with E-state index < -0.39 is 5.41 Å². The van der Waals surface area contributed by atoms with Crippen molar-refractivity contribution in [2.75, 3.05) is 4.90 Å². The number of rotatable bonds is 4. The predicted molar refractivity (Wildman–Crippen MR) is 262 cm³/mol. The van der Waals surface area contributed by atoms with Gasteiger partial charge >= 0.3 is 0 Å². The molecule has 1 unspecified atom stereocenters. The number of para-hydroxylation sites is 2. The predicted octanol–water partition coefficient (Wildman–Crippen LogP) is 16.1. The minimum atomic E-state index is -0.517. The van der Waals surface area contributed by atoms with Crippen LogP contribution in [0, 0.1) is 0 Å². The van der Waals surface area contributed by atoms with E-state index in [2.05, 4.69) is 228 Å². The van der Waals surface area contributed by atoms with Gasteiger partial charge in [0, 0.05) is 53.7 Å². The highest BCUT2D eigenvalue weighted by Gasteiger charge is 2.50. The van der Waals surface area contributed by atoms with E-state index in [1.165, 1.54) is 97.3 Å². The maximum Gasteiger partial charge on any atom is 0.0726 e. The van der Waals surface area contributed by atoms with Crippen LogP contribution in [0.5, 0.6) is 0 Å². The lowest BCUT2D eigenvalue weighted by Gasteiger charge is -2.40. The summed E-state index contributed by atoms with van der Waals surface area (Å²) in [5.74, 6) is 0. The van der Waals surface area contributed by atoms with Crippen molar-refractivity contribution in [1.82, 2.24) is 4.57 Å². The first-order chi connectivity index (χ1) is 30.8. The van der Waals surface area contributed by atoms with Crippen LogP contribution in [0.2, 0.25) is 0 Å². The Bertz CT molecular complexity index is 3830. The van der Waals surface area contributed by atoms with E-state index in [9.17, 15) is 0 Å². The zero-order chi connectivity index (χ0) is 40.5. The average molecular weight is 805 g/mol. The van der Waals surface area contributed by atoms with Crippen LogP contribution in [-0.2, 0) is 5.41 Å². The molecular formula is C59H36N2S. The maximum atomic E-state index is 2.52. The van der Waals surface area contributed by atoms with Gasteiger partial charge in [0.05, 0.1) is 16.4 Å². The monoisotopic (exact) mass is 804 g/mol. The van der Waals surface area contributed by atoms with Gasteiger partial charge < -0.3 is 9.47 Å². The highest BCUT2D eigenvalue weighted by molar-refractivity contribution is 7.25. The molecule has 14 rings (SSSR count). The van der Waals surface area contributed by atoms with E-state index in [1.807, 2.05) is 11.3 Å². The Hall–Kier alpha value is -7.72. The largest absolute Gasteiger partial charge is 0.310 e. The minimum absolute atomic E-state index is 0.517. The standard InChI is InChI=1S/C59H36N2S/c1-2-16-38(17-3-1)61-54-26-10-6-20-45(54)46-32-29-40(35-55(46)61)60(41-30-33-48-47-21-7-11-27-56(47)62-57(48)36-41)39-28-31-44-42-18-4-8-23-50(42)59(53(44)34-39)51-24-9-5-19-43(51)49-22-12-14-37-15-13-25-52(59)58(37)49/h1-36H. The normalized spacial score (nSPS) is 14.8. The van der Waals surface area contributed by atoms with Gasteiger partial charge in [-0.2, -0.15) is 0 Å². The van der Waals surface area contributed by atoms with Gasteiger partial charge in [0.2, 0.25) is 0 Å². The Morgan fingerprint density at radius 3 is 1.76 bits per heavy atom. The van der Waals surface area contributed by atoms with Crippen LogP contribution < -0.4 is 4.90 Å². The van der Waals surface area contributed by atoms with Crippen LogP contribution in [-0.4, -0.2) is 4.57 Å². The van der Waals surface area contributed by atoms with Crippen molar-refractivity contribution < 1.29 is 0 Å². The topological polar surface area (TPSA) is 8.17 Å². The first-order valence-corrected chi connectivity index (χ1v) is 22.2. The molecule has 0 fully saturated rings. The first kappa shape index (κ1) is 34.0. The van der Waals surface area contributed by atoms with Gasteiger partial charge in [-0.25, -0.2) is 0 Å². The van der Waals surface area contributed by atoms with Gasteiger partial charge in [-0.3, -0.25) is 0 Å².